The topological polar surface area (TPSA) is 171 Å². The van der Waals surface area contributed by atoms with E-state index in [4.69, 9.17) is 15.1 Å². The molecule has 1 fully saturated rings. The summed E-state index contributed by atoms with van der Waals surface area (Å²) in [6, 6.07) is 9.68. The average Bonchev–Trinajstić information content (AvgIpc) is 3.37. The van der Waals surface area contributed by atoms with Crippen LogP contribution in [0.2, 0.25) is 0 Å². The lowest BCUT2D eigenvalue weighted by Crippen LogP contribution is -2.35. The van der Waals surface area contributed by atoms with Crippen molar-refractivity contribution in [2.24, 2.45) is 23.7 Å². The van der Waals surface area contributed by atoms with Crippen LogP contribution < -0.4 is 14.9 Å². The summed E-state index contributed by atoms with van der Waals surface area (Å²) in [6.45, 7) is 9.24. The molecule has 390 valence electrons. The Labute approximate surface area is 423 Å². The molecule has 2 aromatic rings. The number of nitrogens with one attached hydrogen (secondary N) is 3. The molecule has 2 aliphatic carbocycles. The van der Waals surface area contributed by atoms with E-state index in [0.717, 1.165) is 67.1 Å². The van der Waals surface area contributed by atoms with Crippen LogP contribution in [-0.2, 0) is 25.3 Å². The van der Waals surface area contributed by atoms with E-state index in [1.165, 1.54) is 146 Å². The second-order valence-corrected chi connectivity index (χ2v) is 21.4. The maximum absolute atomic E-state index is 13.4. The maximum Gasteiger partial charge on any atom is 0.305 e. The monoisotopic (exact) mass is 998 g/mol. The molecule has 0 saturated heterocycles. The predicted octanol–water partition coefficient (Wildman–Crippen LogP) is 13.2. The van der Waals surface area contributed by atoms with E-state index in [1.807, 2.05) is 13.8 Å². The Morgan fingerprint density at radius 3 is 1.70 bits per heavy atom. The zero-order chi connectivity index (χ0) is 50.1. The average molecular weight is 998 g/mol. The number of unbranched alkanes of at least 4 members (excludes halogenated alkanes) is 16. The summed E-state index contributed by atoms with van der Waals surface area (Å²) in [5, 5.41) is 17.8. The van der Waals surface area contributed by atoms with Gasteiger partial charge in [0.2, 0.25) is 5.91 Å². The van der Waals surface area contributed by atoms with E-state index in [2.05, 4.69) is 23.3 Å². The van der Waals surface area contributed by atoms with Crippen LogP contribution in [0.1, 0.15) is 239 Å². The number of hydrogen-bond acceptors (Lipinski definition) is 10. The molecule has 0 heterocycles. The van der Waals surface area contributed by atoms with Crippen molar-refractivity contribution in [3.8, 4) is 0 Å². The largest absolute Gasteiger partial charge is 0.464 e. The van der Waals surface area contributed by atoms with Gasteiger partial charge in [-0.15, -0.1) is 0 Å². The molecule has 0 spiro atoms. The lowest BCUT2D eigenvalue weighted by Gasteiger charge is -2.44. The quantitative estimate of drug-likeness (QED) is 0.0123. The minimum absolute atomic E-state index is 0.0154. The number of aliphatic hydroxyl groups is 1. The van der Waals surface area contributed by atoms with Gasteiger partial charge in [-0.1, -0.05) is 156 Å². The zero-order valence-electron chi connectivity index (χ0n) is 43.1. The van der Waals surface area contributed by atoms with E-state index in [9.17, 15) is 23.4 Å². The second kappa shape index (κ2) is 36.9. The predicted molar refractivity (Wildman–Crippen MR) is 282 cm³/mol. The lowest BCUT2D eigenvalue weighted by atomic mass is 9.61. The number of ether oxygens (including phenoxy) is 1. The number of hydroxylamine groups is 1. The highest BCUT2D eigenvalue weighted by atomic mass is 32.2. The van der Waals surface area contributed by atoms with Crippen molar-refractivity contribution in [3.63, 3.8) is 0 Å². The van der Waals surface area contributed by atoms with Gasteiger partial charge in [0.15, 0.2) is 11.6 Å². The first-order valence-corrected chi connectivity index (χ1v) is 29.3. The fraction of sp³-hybridized carbons (Fsp3) is 0.714. The van der Waals surface area contributed by atoms with Crippen molar-refractivity contribution >= 4 is 46.4 Å². The van der Waals surface area contributed by atoms with Crippen molar-refractivity contribution in [1.82, 2.24) is 14.9 Å². The lowest BCUT2D eigenvalue weighted by molar-refractivity contribution is -0.143. The summed E-state index contributed by atoms with van der Waals surface area (Å²) in [5.74, 6) is 2.24. The number of hydrogen-bond donors (Lipinski definition) is 5. The molecular weight excluding hydrogens is 907 g/mol. The van der Waals surface area contributed by atoms with Gasteiger partial charge in [-0.05, 0) is 111 Å². The number of aliphatic hydroxyl groups excluding tert-OH is 1. The third kappa shape index (κ3) is 22.2. The van der Waals surface area contributed by atoms with E-state index >= 15 is 0 Å². The molecule has 1 saturated carbocycles. The van der Waals surface area contributed by atoms with Crippen LogP contribution in [-0.4, -0.2) is 64.3 Å². The molecule has 2 aromatic carbocycles. The number of rotatable bonds is 37. The molecule has 0 aliphatic heterocycles. The molecule has 0 radical (unpaired) electrons. The summed E-state index contributed by atoms with van der Waals surface area (Å²) < 4.78 is 24.4. The number of fused-ring (bicyclic) bond motifs is 2. The van der Waals surface area contributed by atoms with Crippen LogP contribution >= 0.6 is 11.9 Å². The van der Waals surface area contributed by atoms with Crippen molar-refractivity contribution in [2.75, 3.05) is 26.3 Å². The SMILES string of the molecule is CC.CCCCCCCCC1C(CCCCCCCC(=O)OCCNS(=O)c2ccc3c(c2)C(=O)c2ccc(SNCCO)cc2C3=O)CCC(CCCCCC)C1CCCCCCCC(=O)NO. The summed E-state index contributed by atoms with van der Waals surface area (Å²) in [5.41, 5.74) is 2.86. The third-order valence-electron chi connectivity index (χ3n) is 14.2. The summed E-state index contributed by atoms with van der Waals surface area (Å²) in [4.78, 5) is 51.8. The van der Waals surface area contributed by atoms with Gasteiger partial charge in [0, 0.05) is 53.1 Å². The Hall–Kier alpha value is -2.94. The first-order valence-electron chi connectivity index (χ1n) is 27.3. The van der Waals surface area contributed by atoms with Gasteiger partial charge >= 0.3 is 5.97 Å². The summed E-state index contributed by atoms with van der Waals surface area (Å²) in [7, 11) is -1.67. The normalized spacial score (nSPS) is 17.9. The zero-order valence-corrected chi connectivity index (χ0v) is 44.7. The minimum Gasteiger partial charge on any atom is -0.464 e. The smallest absolute Gasteiger partial charge is 0.305 e. The molecule has 5 unspecified atom stereocenters. The first-order chi connectivity index (χ1) is 33.7. The van der Waals surface area contributed by atoms with E-state index in [1.54, 1.807) is 35.8 Å². The molecule has 0 bridgehead atoms. The highest BCUT2D eigenvalue weighted by Crippen LogP contribution is 2.48. The summed E-state index contributed by atoms with van der Waals surface area (Å²) >= 11 is 1.28. The van der Waals surface area contributed by atoms with Gasteiger partial charge in [-0.2, -0.15) is 0 Å². The fourth-order valence-electron chi connectivity index (χ4n) is 10.5. The van der Waals surface area contributed by atoms with Gasteiger partial charge in [0.05, 0.1) is 11.5 Å². The van der Waals surface area contributed by atoms with Crippen LogP contribution in [0, 0.1) is 23.7 Å². The van der Waals surface area contributed by atoms with Crippen LogP contribution in [0.25, 0.3) is 0 Å². The Morgan fingerprint density at radius 2 is 1.13 bits per heavy atom. The minimum atomic E-state index is -1.67. The van der Waals surface area contributed by atoms with Crippen molar-refractivity contribution in [2.45, 2.75) is 217 Å². The van der Waals surface area contributed by atoms with Crippen LogP contribution in [0.3, 0.4) is 0 Å². The standard InChI is InChI=1S/C54H85N3O8S2.C2H6/c1-3-5-7-9-13-19-25-46-42(30-29-41(23-17-8-6-4-2)45(46)26-20-14-11-15-21-27-51(59)57-63)24-18-12-10-16-22-28-52(60)65-38-36-56-67(64)44-32-34-48-50(40-44)54(62)47-33-31-43(66-55-35-37-58)39-49(47)53(48)61;1-2/h31-34,39-42,45-46,55-56,58,63H,3-30,35-38H2,1-2H3,(H,57,59);1-2H3. The molecule has 4 rings (SSSR count). The Kier molecular flexibility index (Phi) is 32.3. The Bertz CT molecular complexity index is 1810. The highest BCUT2D eigenvalue weighted by molar-refractivity contribution is 7.97. The van der Waals surface area contributed by atoms with Crippen molar-refractivity contribution < 1.29 is 38.4 Å². The number of carbonyl (C=O) groups is 4. The molecule has 1 amide bonds. The number of amides is 1. The maximum atomic E-state index is 13.4. The molecule has 69 heavy (non-hydrogen) atoms. The van der Waals surface area contributed by atoms with Gasteiger partial charge in [-0.3, -0.25) is 29.1 Å². The summed E-state index contributed by atoms with van der Waals surface area (Å²) in [6.07, 6.45) is 33.4. The molecular formula is C56H91N3O8S2. The van der Waals surface area contributed by atoms with E-state index in [-0.39, 0.29) is 54.3 Å². The van der Waals surface area contributed by atoms with E-state index in [0.29, 0.717) is 35.4 Å². The van der Waals surface area contributed by atoms with Gasteiger partial charge < -0.3 is 9.84 Å². The first kappa shape index (κ1) is 60.4. The number of benzene rings is 2. The van der Waals surface area contributed by atoms with Gasteiger partial charge in [-0.25, -0.2) is 14.4 Å². The van der Waals surface area contributed by atoms with Crippen molar-refractivity contribution in [1.29, 1.82) is 0 Å². The molecule has 5 atom stereocenters. The van der Waals surface area contributed by atoms with Crippen molar-refractivity contribution in [3.05, 3.63) is 58.7 Å². The number of esters is 1. The number of ketones is 2. The molecule has 13 heteroatoms. The third-order valence-corrected chi connectivity index (χ3v) is 16.2. The molecule has 11 nitrogen and oxygen atoms in total. The van der Waals surface area contributed by atoms with E-state index < -0.39 is 11.0 Å². The fourth-order valence-corrected chi connectivity index (χ4v) is 12.1. The number of carbonyl (C=O) groups excluding carboxylic acids is 4. The van der Waals surface area contributed by atoms with Gasteiger partial charge in [0.1, 0.15) is 17.6 Å². The molecule has 0 aromatic heterocycles. The Morgan fingerprint density at radius 1 is 0.638 bits per heavy atom. The van der Waals surface area contributed by atoms with Crippen LogP contribution in [0.15, 0.2) is 46.2 Å². The van der Waals surface area contributed by atoms with Crippen LogP contribution in [0.4, 0.5) is 0 Å². The van der Waals surface area contributed by atoms with Gasteiger partial charge in [0.25, 0.3) is 0 Å². The second-order valence-electron chi connectivity index (χ2n) is 19.2. The van der Waals surface area contributed by atoms with Crippen LogP contribution in [0.5, 0.6) is 0 Å². The molecule has 2 aliphatic rings. The Balaban J connectivity index is 0.00000622. The molecule has 5 N–H and O–H groups in total. The highest BCUT2D eigenvalue weighted by Gasteiger charge is 2.38.